The van der Waals surface area contributed by atoms with Crippen molar-refractivity contribution in [2.75, 3.05) is 20.3 Å². The first-order valence-electron chi connectivity index (χ1n) is 10.3. The van der Waals surface area contributed by atoms with Gasteiger partial charge >= 0.3 is 12.1 Å². The Balaban J connectivity index is 1.80. The molecule has 2 amide bonds. The van der Waals surface area contributed by atoms with Crippen LogP contribution >= 0.6 is 0 Å². The van der Waals surface area contributed by atoms with Gasteiger partial charge in [-0.3, -0.25) is 10.2 Å². The van der Waals surface area contributed by atoms with E-state index in [0.717, 1.165) is 12.0 Å². The van der Waals surface area contributed by atoms with Gasteiger partial charge in [-0.05, 0) is 12.0 Å². The molecule has 5 N–H and O–H groups in total. The molecule has 0 spiro atoms. The summed E-state index contributed by atoms with van der Waals surface area (Å²) < 4.78 is 9.64. The molecule has 1 aromatic rings. The van der Waals surface area contributed by atoms with Crippen LogP contribution in [0.3, 0.4) is 0 Å². The maximum absolute atomic E-state index is 12.3. The molecule has 0 bridgehead atoms. The van der Waals surface area contributed by atoms with Gasteiger partial charge in [0.05, 0.1) is 25.8 Å². The standard InChI is InChI=1S/C21H29N5O6/c1-3-4-9-31-21(29)25-17(20(28)30-2)12-24-18(27)11-15-10-16(26-32-15)13-5-7-14(8-6-13)19(22)23/h5-8,15,17H,3-4,9-12H2,1-2H3,(H3,22,23)(H,24,27)(H,25,29)/t15-,17-/m1/s1. The van der Waals surface area contributed by atoms with Crippen LogP contribution in [0.4, 0.5) is 4.79 Å². The van der Waals surface area contributed by atoms with Crippen LogP contribution in [0.25, 0.3) is 0 Å². The number of nitrogens with zero attached hydrogens (tertiary/aromatic N) is 1. The minimum absolute atomic E-state index is 0.0212. The van der Waals surface area contributed by atoms with Gasteiger partial charge in [-0.25, -0.2) is 9.59 Å². The minimum Gasteiger partial charge on any atom is -0.467 e. The van der Waals surface area contributed by atoms with Crippen LogP contribution in [0, 0.1) is 5.41 Å². The Labute approximate surface area is 186 Å². The molecule has 0 saturated heterocycles. The zero-order valence-corrected chi connectivity index (χ0v) is 18.2. The van der Waals surface area contributed by atoms with E-state index in [1.807, 2.05) is 6.92 Å². The molecule has 174 valence electrons. The second-order valence-electron chi connectivity index (χ2n) is 7.18. The van der Waals surface area contributed by atoms with Crippen molar-refractivity contribution in [3.8, 4) is 0 Å². The molecular formula is C21H29N5O6. The number of hydrogen-bond donors (Lipinski definition) is 4. The van der Waals surface area contributed by atoms with Crippen molar-refractivity contribution in [2.45, 2.75) is 44.8 Å². The number of esters is 1. The molecule has 1 heterocycles. The van der Waals surface area contributed by atoms with Crippen molar-refractivity contribution in [3.05, 3.63) is 35.4 Å². The number of oxime groups is 1. The number of amides is 2. The van der Waals surface area contributed by atoms with Crippen LogP contribution in [0.15, 0.2) is 29.4 Å². The molecule has 0 radical (unpaired) electrons. The molecule has 32 heavy (non-hydrogen) atoms. The molecule has 2 atom stereocenters. The second-order valence-corrected chi connectivity index (χ2v) is 7.18. The van der Waals surface area contributed by atoms with Crippen LogP contribution in [-0.2, 0) is 23.9 Å². The zero-order chi connectivity index (χ0) is 23.5. The number of nitrogens with two attached hydrogens (primary N) is 1. The summed E-state index contributed by atoms with van der Waals surface area (Å²) in [4.78, 5) is 41.3. The predicted molar refractivity (Wildman–Crippen MR) is 116 cm³/mol. The smallest absolute Gasteiger partial charge is 0.407 e. The van der Waals surface area contributed by atoms with Crippen LogP contribution in [0.5, 0.6) is 0 Å². The first kappa shape index (κ1) is 24.6. The van der Waals surface area contributed by atoms with Gasteiger partial charge in [-0.2, -0.15) is 0 Å². The first-order valence-corrected chi connectivity index (χ1v) is 10.3. The number of carbonyl (C=O) groups excluding carboxylic acids is 3. The van der Waals surface area contributed by atoms with Crippen LogP contribution in [0.2, 0.25) is 0 Å². The number of nitrogen functional groups attached to an aromatic ring is 1. The quantitative estimate of drug-likeness (QED) is 0.170. The lowest BCUT2D eigenvalue weighted by Crippen LogP contribution is -2.49. The fourth-order valence-electron chi connectivity index (χ4n) is 2.87. The summed E-state index contributed by atoms with van der Waals surface area (Å²) in [6.45, 7) is 2.04. The molecule has 0 unspecified atom stereocenters. The summed E-state index contributed by atoms with van der Waals surface area (Å²) in [6.07, 6.45) is 0.807. The summed E-state index contributed by atoms with van der Waals surface area (Å²) >= 11 is 0. The number of rotatable bonds is 11. The number of hydrogen-bond acceptors (Lipinski definition) is 8. The van der Waals surface area contributed by atoms with Gasteiger partial charge < -0.3 is 30.7 Å². The normalized spacial score (nSPS) is 15.7. The average Bonchev–Trinajstić information content (AvgIpc) is 3.24. The molecule has 1 aromatic carbocycles. The van der Waals surface area contributed by atoms with Crippen molar-refractivity contribution < 1.29 is 28.7 Å². The van der Waals surface area contributed by atoms with Crippen LogP contribution in [-0.4, -0.2) is 61.9 Å². The Hall–Kier alpha value is -3.63. The van der Waals surface area contributed by atoms with Gasteiger partial charge in [0.2, 0.25) is 5.91 Å². The molecule has 11 heteroatoms. The number of unbranched alkanes of at least 4 members (excludes halogenated alkanes) is 1. The SMILES string of the molecule is CCCCOC(=O)N[C@H](CNC(=O)C[C@H]1CC(c2ccc(C(=N)N)cc2)=NO1)C(=O)OC. The summed E-state index contributed by atoms with van der Waals surface area (Å²) in [5.41, 5.74) is 7.55. The van der Waals surface area contributed by atoms with Gasteiger partial charge in [0.1, 0.15) is 18.0 Å². The zero-order valence-electron chi connectivity index (χ0n) is 18.2. The van der Waals surface area contributed by atoms with Gasteiger partial charge in [-0.15, -0.1) is 0 Å². The lowest BCUT2D eigenvalue weighted by Gasteiger charge is -2.17. The van der Waals surface area contributed by atoms with Crippen LogP contribution in [0.1, 0.15) is 43.7 Å². The third kappa shape index (κ3) is 7.56. The predicted octanol–water partition coefficient (Wildman–Crippen LogP) is 1.04. The topological polar surface area (TPSA) is 165 Å². The molecule has 11 nitrogen and oxygen atoms in total. The first-order chi connectivity index (χ1) is 15.3. The van der Waals surface area contributed by atoms with Crippen molar-refractivity contribution >= 4 is 29.5 Å². The average molecular weight is 447 g/mol. The number of nitrogens with one attached hydrogen (secondary N) is 3. The molecule has 1 aliphatic rings. The highest BCUT2D eigenvalue weighted by atomic mass is 16.6. The fourth-order valence-corrected chi connectivity index (χ4v) is 2.87. The van der Waals surface area contributed by atoms with E-state index in [9.17, 15) is 14.4 Å². The van der Waals surface area contributed by atoms with Gasteiger partial charge in [-0.1, -0.05) is 42.8 Å². The third-order valence-corrected chi connectivity index (χ3v) is 4.69. The van der Waals surface area contributed by atoms with E-state index in [1.54, 1.807) is 24.3 Å². The highest BCUT2D eigenvalue weighted by Gasteiger charge is 2.27. The monoisotopic (exact) mass is 447 g/mol. The minimum atomic E-state index is -1.07. The Morgan fingerprint density at radius 3 is 2.66 bits per heavy atom. The van der Waals surface area contributed by atoms with Gasteiger partial charge in [0.15, 0.2) is 0 Å². The highest BCUT2D eigenvalue weighted by molar-refractivity contribution is 6.02. The van der Waals surface area contributed by atoms with E-state index in [4.69, 9.17) is 20.7 Å². The number of carbonyl (C=O) groups is 3. The largest absolute Gasteiger partial charge is 0.467 e. The molecule has 1 aliphatic heterocycles. The van der Waals surface area contributed by atoms with E-state index in [1.165, 1.54) is 7.11 Å². The Bertz CT molecular complexity index is 855. The van der Waals surface area contributed by atoms with E-state index < -0.39 is 24.2 Å². The van der Waals surface area contributed by atoms with Crippen molar-refractivity contribution in [3.63, 3.8) is 0 Å². The Morgan fingerprint density at radius 1 is 1.31 bits per heavy atom. The second kappa shape index (κ2) is 12.3. The maximum Gasteiger partial charge on any atom is 0.407 e. The third-order valence-electron chi connectivity index (χ3n) is 4.69. The van der Waals surface area contributed by atoms with E-state index >= 15 is 0 Å². The van der Waals surface area contributed by atoms with Crippen molar-refractivity contribution in [1.82, 2.24) is 10.6 Å². The summed E-state index contributed by atoms with van der Waals surface area (Å²) in [5, 5.41) is 16.4. The molecular weight excluding hydrogens is 418 g/mol. The highest BCUT2D eigenvalue weighted by Crippen LogP contribution is 2.19. The van der Waals surface area contributed by atoms with E-state index in [0.29, 0.717) is 24.1 Å². The number of alkyl carbamates (subject to hydrolysis) is 1. The van der Waals surface area contributed by atoms with E-state index in [-0.39, 0.29) is 31.3 Å². The van der Waals surface area contributed by atoms with Crippen LogP contribution < -0.4 is 16.4 Å². The maximum atomic E-state index is 12.3. The number of methoxy groups -OCH3 is 1. The summed E-state index contributed by atoms with van der Waals surface area (Å²) in [6, 6.07) is 5.93. The number of ether oxygens (including phenoxy) is 2. The van der Waals surface area contributed by atoms with Crippen molar-refractivity contribution in [2.24, 2.45) is 10.9 Å². The number of amidine groups is 1. The van der Waals surface area contributed by atoms with Gasteiger partial charge in [0.25, 0.3) is 0 Å². The molecule has 2 rings (SSSR count). The fraction of sp³-hybridized carbons (Fsp3) is 0.476. The molecule has 0 aromatic heterocycles. The van der Waals surface area contributed by atoms with Crippen molar-refractivity contribution in [1.29, 1.82) is 5.41 Å². The Morgan fingerprint density at radius 2 is 2.03 bits per heavy atom. The van der Waals surface area contributed by atoms with Gasteiger partial charge in [0, 0.05) is 18.5 Å². The lowest BCUT2D eigenvalue weighted by molar-refractivity contribution is -0.143. The Kier molecular flexibility index (Phi) is 9.45. The summed E-state index contributed by atoms with van der Waals surface area (Å²) in [5.74, 6) is -1.09. The lowest BCUT2D eigenvalue weighted by atomic mass is 10.0. The summed E-state index contributed by atoms with van der Waals surface area (Å²) in [7, 11) is 1.19. The molecule has 0 saturated carbocycles. The molecule has 0 aliphatic carbocycles. The molecule has 0 fully saturated rings. The number of benzene rings is 1. The van der Waals surface area contributed by atoms with E-state index in [2.05, 4.69) is 20.5 Å².